The summed E-state index contributed by atoms with van der Waals surface area (Å²) in [7, 11) is 0. The van der Waals surface area contributed by atoms with Gasteiger partial charge < -0.3 is 10.4 Å². The number of anilines is 1. The van der Waals surface area contributed by atoms with Gasteiger partial charge in [-0.15, -0.1) is 11.3 Å². The Morgan fingerprint density at radius 2 is 2.32 bits per heavy atom. The zero-order valence-corrected chi connectivity index (χ0v) is 12.3. The number of aromatic nitrogens is 1. The van der Waals surface area contributed by atoms with Crippen LogP contribution in [0.2, 0.25) is 0 Å². The molecule has 0 saturated carbocycles. The highest BCUT2D eigenvalue weighted by atomic mass is 35.5. The van der Waals surface area contributed by atoms with Gasteiger partial charge in [0.1, 0.15) is 5.75 Å². The Labute approximate surface area is 121 Å². The van der Waals surface area contributed by atoms with Crippen LogP contribution in [-0.4, -0.2) is 10.1 Å². The number of aromatic hydroxyl groups is 1. The first-order valence-corrected chi connectivity index (χ1v) is 7.26. The summed E-state index contributed by atoms with van der Waals surface area (Å²) in [5, 5.41) is 13.8. The van der Waals surface area contributed by atoms with Gasteiger partial charge in [-0.25, -0.2) is 4.98 Å². The molecule has 0 atom stereocenters. The molecule has 0 aliphatic carbocycles. The van der Waals surface area contributed by atoms with E-state index in [2.05, 4.69) is 10.3 Å². The number of benzene rings is 1. The second kappa shape index (κ2) is 6.08. The maximum absolute atomic E-state index is 10.0. The second-order valence-electron chi connectivity index (χ2n) is 3.99. The largest absolute Gasteiger partial charge is 0.506 e. The number of rotatable bonds is 4. The predicted molar refractivity (Wildman–Crippen MR) is 82.9 cm³/mol. The Morgan fingerprint density at radius 3 is 3.00 bits per heavy atom. The molecule has 0 unspecified atom stereocenters. The van der Waals surface area contributed by atoms with Crippen LogP contribution in [0, 0.1) is 0 Å². The van der Waals surface area contributed by atoms with Crippen LogP contribution in [0.1, 0.15) is 20.3 Å². The van der Waals surface area contributed by atoms with E-state index in [9.17, 15) is 5.11 Å². The normalized spacial score (nSPS) is 13.0. The van der Waals surface area contributed by atoms with Crippen molar-refractivity contribution >= 4 is 38.8 Å². The lowest BCUT2D eigenvalue weighted by atomic mass is 10.2. The molecule has 0 fully saturated rings. The van der Waals surface area contributed by atoms with Crippen LogP contribution < -0.4 is 5.32 Å². The average molecular weight is 295 g/mol. The average Bonchev–Trinajstić information content (AvgIpc) is 2.83. The fourth-order valence-electron chi connectivity index (χ4n) is 1.72. The number of fused-ring (bicyclic) bond motifs is 1. The summed E-state index contributed by atoms with van der Waals surface area (Å²) in [5.74, 6) is 0.175. The minimum atomic E-state index is 0.175. The lowest BCUT2D eigenvalue weighted by molar-refractivity contribution is 0.478. The summed E-state index contributed by atoms with van der Waals surface area (Å²) in [6.45, 7) is 3.92. The number of halogens is 1. The van der Waals surface area contributed by atoms with Gasteiger partial charge in [-0.1, -0.05) is 24.6 Å². The van der Waals surface area contributed by atoms with Crippen molar-refractivity contribution in [1.29, 1.82) is 0 Å². The molecule has 0 saturated heterocycles. The molecule has 2 aromatic rings. The molecule has 1 aromatic carbocycles. The van der Waals surface area contributed by atoms with E-state index in [0.29, 0.717) is 10.7 Å². The Hall–Kier alpha value is -1.52. The maximum Gasteiger partial charge on any atom is 0.141 e. The van der Waals surface area contributed by atoms with Crippen molar-refractivity contribution in [1.82, 2.24) is 4.98 Å². The molecule has 0 amide bonds. The summed E-state index contributed by atoms with van der Waals surface area (Å²) in [5.41, 5.74) is 4.09. The van der Waals surface area contributed by atoms with Crippen LogP contribution in [0.4, 0.5) is 5.69 Å². The lowest BCUT2D eigenvalue weighted by Gasteiger charge is -2.12. The highest BCUT2D eigenvalue weighted by Crippen LogP contribution is 2.32. The van der Waals surface area contributed by atoms with Gasteiger partial charge in [0.05, 0.1) is 26.4 Å². The van der Waals surface area contributed by atoms with Crippen molar-refractivity contribution in [3.8, 4) is 5.75 Å². The first-order valence-electron chi connectivity index (χ1n) is 6.00. The van der Waals surface area contributed by atoms with E-state index in [1.54, 1.807) is 11.6 Å². The number of thiazole rings is 1. The molecule has 0 radical (unpaired) electrons. The van der Waals surface area contributed by atoms with Crippen LogP contribution in [0.3, 0.4) is 0 Å². The molecule has 1 heterocycles. The van der Waals surface area contributed by atoms with Gasteiger partial charge in [-0.05, 0) is 25.5 Å². The number of phenols is 1. The molecule has 2 rings (SSSR count). The van der Waals surface area contributed by atoms with Gasteiger partial charge in [0.2, 0.25) is 0 Å². The zero-order chi connectivity index (χ0) is 13.8. The van der Waals surface area contributed by atoms with Crippen LogP contribution >= 0.6 is 22.9 Å². The molecule has 0 bridgehead atoms. The van der Waals surface area contributed by atoms with Gasteiger partial charge in [0.15, 0.2) is 0 Å². The molecule has 5 heteroatoms. The molecule has 2 N–H and O–H groups in total. The first kappa shape index (κ1) is 13.9. The van der Waals surface area contributed by atoms with Crippen molar-refractivity contribution in [2.24, 2.45) is 0 Å². The molecule has 0 spiro atoms. The Balaban J connectivity index is 2.39. The second-order valence-corrected chi connectivity index (χ2v) is 5.29. The molecular weight excluding hydrogens is 280 g/mol. The van der Waals surface area contributed by atoms with E-state index in [-0.39, 0.29) is 5.75 Å². The molecular formula is C14H15ClN2OS. The SMILES string of the molecule is C/C=C\C(Cl)=C(/CC)Nc1cc2scnc2cc1O. The number of phenolic OH excluding ortho intramolecular Hbond substituents is 1. The van der Waals surface area contributed by atoms with E-state index in [1.165, 1.54) is 11.3 Å². The van der Waals surface area contributed by atoms with Gasteiger partial charge in [-0.2, -0.15) is 0 Å². The standard InChI is InChI=1S/C14H15ClN2OS/c1-3-5-9(15)10(4-2)17-11-7-14-12(6-13(11)18)16-8-19-14/h3,5-8,17-18H,4H2,1-2H3/b5-3-,10-9-. The van der Waals surface area contributed by atoms with E-state index < -0.39 is 0 Å². The van der Waals surface area contributed by atoms with Crippen LogP contribution in [0.5, 0.6) is 5.75 Å². The quantitative estimate of drug-likeness (QED) is 0.626. The van der Waals surface area contributed by atoms with Crippen molar-refractivity contribution < 1.29 is 5.11 Å². The van der Waals surface area contributed by atoms with Gasteiger partial charge in [-0.3, -0.25) is 0 Å². The molecule has 0 aliphatic heterocycles. The van der Waals surface area contributed by atoms with Crippen LogP contribution in [0.15, 0.2) is 40.5 Å². The highest BCUT2D eigenvalue weighted by molar-refractivity contribution is 7.16. The monoisotopic (exact) mass is 294 g/mol. The molecule has 0 aliphatic rings. The Bertz CT molecular complexity index is 646. The summed E-state index contributed by atoms with van der Waals surface area (Å²) in [4.78, 5) is 4.17. The van der Waals surface area contributed by atoms with Crippen molar-refractivity contribution in [3.63, 3.8) is 0 Å². The van der Waals surface area contributed by atoms with Gasteiger partial charge >= 0.3 is 0 Å². The number of hydrogen-bond acceptors (Lipinski definition) is 4. The third kappa shape index (κ3) is 3.08. The van der Waals surface area contributed by atoms with E-state index in [4.69, 9.17) is 11.6 Å². The van der Waals surface area contributed by atoms with Crippen LogP contribution in [-0.2, 0) is 0 Å². The molecule has 1 aromatic heterocycles. The summed E-state index contributed by atoms with van der Waals surface area (Å²) in [6, 6.07) is 3.54. The predicted octanol–water partition coefficient (Wildman–Crippen LogP) is 4.85. The first-order chi connectivity index (χ1) is 9.15. The van der Waals surface area contributed by atoms with E-state index in [0.717, 1.165) is 22.3 Å². The maximum atomic E-state index is 10.0. The summed E-state index contributed by atoms with van der Waals surface area (Å²) in [6.07, 6.45) is 4.46. The number of nitrogens with one attached hydrogen (secondary N) is 1. The summed E-state index contributed by atoms with van der Waals surface area (Å²) >= 11 is 7.72. The molecule has 3 nitrogen and oxygen atoms in total. The van der Waals surface area contributed by atoms with E-state index >= 15 is 0 Å². The minimum absolute atomic E-state index is 0.175. The number of allylic oxidation sites excluding steroid dienone is 4. The Kier molecular flexibility index (Phi) is 4.45. The minimum Gasteiger partial charge on any atom is -0.506 e. The lowest BCUT2D eigenvalue weighted by Crippen LogP contribution is -2.00. The zero-order valence-electron chi connectivity index (χ0n) is 10.8. The molecule has 100 valence electrons. The topological polar surface area (TPSA) is 45.2 Å². The van der Waals surface area contributed by atoms with Crippen molar-refractivity contribution in [2.45, 2.75) is 20.3 Å². The fourth-order valence-corrected chi connectivity index (χ4v) is 2.72. The number of hydrogen-bond donors (Lipinski definition) is 2. The highest BCUT2D eigenvalue weighted by Gasteiger charge is 2.08. The van der Waals surface area contributed by atoms with Gasteiger partial charge in [0.25, 0.3) is 0 Å². The summed E-state index contributed by atoms with van der Waals surface area (Å²) < 4.78 is 1.03. The molecule has 19 heavy (non-hydrogen) atoms. The van der Waals surface area contributed by atoms with Crippen LogP contribution in [0.25, 0.3) is 10.2 Å². The van der Waals surface area contributed by atoms with E-state index in [1.807, 2.05) is 32.1 Å². The fraction of sp³-hybridized carbons (Fsp3) is 0.214. The smallest absolute Gasteiger partial charge is 0.141 e. The third-order valence-electron chi connectivity index (χ3n) is 2.69. The third-order valence-corrected chi connectivity index (χ3v) is 3.83. The van der Waals surface area contributed by atoms with Crippen molar-refractivity contribution in [2.75, 3.05) is 5.32 Å². The van der Waals surface area contributed by atoms with Gasteiger partial charge in [0, 0.05) is 11.8 Å². The Morgan fingerprint density at radius 1 is 1.53 bits per heavy atom. The van der Waals surface area contributed by atoms with Crippen molar-refractivity contribution in [3.05, 3.63) is 40.5 Å². The number of nitrogens with zero attached hydrogens (tertiary/aromatic N) is 1.